The molecule has 1 heterocycles. The molecule has 2 aromatic rings. The van der Waals surface area contributed by atoms with Gasteiger partial charge < -0.3 is 4.52 Å². The third kappa shape index (κ3) is 1.39. The zero-order chi connectivity index (χ0) is 10.3. The summed E-state index contributed by atoms with van der Waals surface area (Å²) in [7, 11) is -3.16. The molecule has 0 aliphatic carbocycles. The van der Waals surface area contributed by atoms with Crippen LogP contribution < -0.4 is 0 Å². The normalized spacial score (nSPS) is 12.1. The van der Waals surface area contributed by atoms with Gasteiger partial charge in [0.15, 0.2) is 15.4 Å². The maximum Gasteiger partial charge on any atom is 0.175 e. The maximum absolute atomic E-state index is 11.3. The van der Waals surface area contributed by atoms with Gasteiger partial charge in [0.25, 0.3) is 0 Å². The second-order valence-corrected chi connectivity index (χ2v) is 5.21. The number of aromatic nitrogens is 1. The minimum absolute atomic E-state index is 0.288. The van der Waals surface area contributed by atoms with Crippen LogP contribution in [0.25, 0.3) is 11.0 Å². The summed E-state index contributed by atoms with van der Waals surface area (Å²) in [6.07, 6.45) is 1.18. The molecule has 74 valence electrons. The van der Waals surface area contributed by atoms with Crippen LogP contribution >= 0.6 is 0 Å². The Bertz CT molecular complexity index is 583. The van der Waals surface area contributed by atoms with Crippen LogP contribution in [-0.4, -0.2) is 19.8 Å². The van der Waals surface area contributed by atoms with Crippen LogP contribution in [0.1, 0.15) is 5.69 Å². The highest BCUT2D eigenvalue weighted by Crippen LogP contribution is 2.21. The Morgan fingerprint density at radius 3 is 2.71 bits per heavy atom. The summed E-state index contributed by atoms with van der Waals surface area (Å²) in [6.45, 7) is 1.78. The van der Waals surface area contributed by atoms with Gasteiger partial charge in [-0.05, 0) is 25.1 Å². The van der Waals surface area contributed by atoms with Crippen molar-refractivity contribution >= 4 is 20.8 Å². The van der Waals surface area contributed by atoms with E-state index in [0.717, 1.165) is 5.39 Å². The third-order valence-corrected chi connectivity index (χ3v) is 3.16. The molecule has 4 nitrogen and oxygen atoms in total. The van der Waals surface area contributed by atoms with Crippen molar-refractivity contribution in [2.75, 3.05) is 6.26 Å². The summed E-state index contributed by atoms with van der Waals surface area (Å²) in [5.41, 5.74) is 1.31. The van der Waals surface area contributed by atoms with Crippen LogP contribution in [0.5, 0.6) is 0 Å². The highest BCUT2D eigenvalue weighted by molar-refractivity contribution is 7.90. The van der Waals surface area contributed by atoms with E-state index in [1.54, 1.807) is 19.1 Å². The highest BCUT2D eigenvalue weighted by atomic mass is 32.2. The first kappa shape index (κ1) is 9.21. The van der Waals surface area contributed by atoms with Crippen LogP contribution in [0.2, 0.25) is 0 Å². The summed E-state index contributed by atoms with van der Waals surface area (Å²) >= 11 is 0. The van der Waals surface area contributed by atoms with Gasteiger partial charge >= 0.3 is 0 Å². The van der Waals surface area contributed by atoms with Crippen molar-refractivity contribution in [3.05, 3.63) is 23.9 Å². The quantitative estimate of drug-likeness (QED) is 0.717. The number of aryl methyl sites for hydroxylation is 1. The second-order valence-electron chi connectivity index (χ2n) is 3.20. The van der Waals surface area contributed by atoms with Crippen LogP contribution in [0.3, 0.4) is 0 Å². The van der Waals surface area contributed by atoms with E-state index in [1.165, 1.54) is 12.3 Å². The molecule has 0 amide bonds. The van der Waals surface area contributed by atoms with Crippen LogP contribution in [-0.2, 0) is 9.84 Å². The molecule has 2 rings (SSSR count). The molecular formula is C9H9NO3S. The van der Waals surface area contributed by atoms with Crippen molar-refractivity contribution in [1.82, 2.24) is 5.16 Å². The van der Waals surface area contributed by atoms with E-state index in [0.29, 0.717) is 11.3 Å². The molecule has 0 saturated heterocycles. The van der Waals surface area contributed by atoms with E-state index in [9.17, 15) is 8.42 Å². The Labute approximate surface area is 81.4 Å². The lowest BCUT2D eigenvalue weighted by Crippen LogP contribution is -1.95. The van der Waals surface area contributed by atoms with Gasteiger partial charge in [-0.3, -0.25) is 0 Å². The summed E-state index contributed by atoms with van der Waals surface area (Å²) in [5.74, 6) is 0. The second kappa shape index (κ2) is 2.81. The molecule has 0 atom stereocenters. The molecule has 14 heavy (non-hydrogen) atoms. The lowest BCUT2D eigenvalue weighted by molar-refractivity contribution is 0.450. The average Bonchev–Trinajstić information content (AvgIpc) is 2.46. The number of sulfone groups is 1. The fourth-order valence-electron chi connectivity index (χ4n) is 1.27. The van der Waals surface area contributed by atoms with Crippen molar-refractivity contribution in [3.8, 4) is 0 Å². The first-order chi connectivity index (χ1) is 6.48. The number of rotatable bonds is 1. The maximum atomic E-state index is 11.3. The molecule has 0 radical (unpaired) electrons. The van der Waals surface area contributed by atoms with E-state index in [4.69, 9.17) is 4.52 Å². The average molecular weight is 211 g/mol. The Morgan fingerprint density at radius 1 is 1.36 bits per heavy atom. The van der Waals surface area contributed by atoms with Gasteiger partial charge in [-0.1, -0.05) is 5.16 Å². The topological polar surface area (TPSA) is 60.2 Å². The summed E-state index contributed by atoms with van der Waals surface area (Å²) in [5, 5.41) is 4.49. The number of fused-ring (bicyclic) bond motifs is 1. The number of benzene rings is 1. The number of hydrogen-bond acceptors (Lipinski definition) is 4. The predicted molar refractivity (Wildman–Crippen MR) is 51.9 cm³/mol. The van der Waals surface area contributed by atoms with E-state index in [1.807, 2.05) is 0 Å². The lowest BCUT2D eigenvalue weighted by Gasteiger charge is -1.96. The van der Waals surface area contributed by atoms with Crippen LogP contribution in [0, 0.1) is 6.92 Å². The minimum Gasteiger partial charge on any atom is -0.356 e. The lowest BCUT2D eigenvalue weighted by atomic mass is 10.2. The van der Waals surface area contributed by atoms with Crippen molar-refractivity contribution in [2.45, 2.75) is 11.8 Å². The molecule has 1 aromatic carbocycles. The fourth-order valence-corrected chi connectivity index (χ4v) is 1.92. The molecule has 0 saturated carbocycles. The smallest absolute Gasteiger partial charge is 0.175 e. The molecule has 0 fully saturated rings. The zero-order valence-corrected chi connectivity index (χ0v) is 8.63. The molecule has 1 aromatic heterocycles. The van der Waals surface area contributed by atoms with E-state index < -0.39 is 9.84 Å². The third-order valence-electron chi connectivity index (χ3n) is 2.05. The molecule has 0 N–H and O–H groups in total. The Hall–Kier alpha value is -1.36. The molecule has 5 heteroatoms. The van der Waals surface area contributed by atoms with Crippen molar-refractivity contribution in [3.63, 3.8) is 0 Å². The van der Waals surface area contributed by atoms with Gasteiger partial charge in [0.2, 0.25) is 0 Å². The molecular weight excluding hydrogens is 202 g/mol. The van der Waals surface area contributed by atoms with Crippen molar-refractivity contribution in [2.24, 2.45) is 0 Å². The number of hydrogen-bond donors (Lipinski definition) is 0. The summed E-state index contributed by atoms with van der Waals surface area (Å²) in [6, 6.07) is 4.71. The van der Waals surface area contributed by atoms with Crippen LogP contribution in [0.15, 0.2) is 27.6 Å². The fraction of sp³-hybridized carbons (Fsp3) is 0.222. The standard InChI is InChI=1S/C9H9NO3S/c1-6-8-5-7(14(2,11)12)3-4-9(8)13-10-6/h3-5H,1-2H3. The summed E-state index contributed by atoms with van der Waals surface area (Å²) in [4.78, 5) is 0.288. The Morgan fingerprint density at radius 2 is 2.07 bits per heavy atom. The van der Waals surface area contributed by atoms with Gasteiger partial charge in [-0.2, -0.15) is 0 Å². The molecule has 0 aliphatic heterocycles. The van der Waals surface area contributed by atoms with Crippen LogP contribution in [0.4, 0.5) is 0 Å². The van der Waals surface area contributed by atoms with Gasteiger partial charge in [0, 0.05) is 11.6 Å². The molecule has 0 bridgehead atoms. The first-order valence-electron chi connectivity index (χ1n) is 4.04. The van der Waals surface area contributed by atoms with Crippen molar-refractivity contribution in [1.29, 1.82) is 0 Å². The van der Waals surface area contributed by atoms with Gasteiger partial charge in [-0.15, -0.1) is 0 Å². The molecule has 0 unspecified atom stereocenters. The van der Waals surface area contributed by atoms with E-state index >= 15 is 0 Å². The molecule has 0 aliphatic rings. The van der Waals surface area contributed by atoms with Gasteiger partial charge in [0.05, 0.1) is 10.6 Å². The minimum atomic E-state index is -3.16. The SMILES string of the molecule is Cc1noc2ccc(S(C)(=O)=O)cc12. The Kier molecular flexibility index (Phi) is 1.85. The zero-order valence-electron chi connectivity index (χ0n) is 7.81. The number of nitrogens with zero attached hydrogens (tertiary/aromatic N) is 1. The first-order valence-corrected chi connectivity index (χ1v) is 5.94. The largest absolute Gasteiger partial charge is 0.356 e. The van der Waals surface area contributed by atoms with E-state index in [2.05, 4.69) is 5.16 Å². The predicted octanol–water partition coefficient (Wildman–Crippen LogP) is 1.54. The monoisotopic (exact) mass is 211 g/mol. The van der Waals surface area contributed by atoms with Crippen molar-refractivity contribution < 1.29 is 12.9 Å². The Balaban J connectivity index is 2.79. The van der Waals surface area contributed by atoms with Gasteiger partial charge in [-0.25, -0.2) is 8.42 Å². The molecule has 0 spiro atoms. The van der Waals surface area contributed by atoms with Gasteiger partial charge in [0.1, 0.15) is 0 Å². The summed E-state index contributed by atoms with van der Waals surface area (Å²) < 4.78 is 27.5. The van der Waals surface area contributed by atoms with E-state index in [-0.39, 0.29) is 4.90 Å². The highest BCUT2D eigenvalue weighted by Gasteiger charge is 2.10.